The topological polar surface area (TPSA) is 38.7 Å². The van der Waals surface area contributed by atoms with Crippen LogP contribution in [0.1, 0.15) is 64.2 Å². The first kappa shape index (κ1) is 16.5. The third-order valence-corrected chi connectivity index (χ3v) is 10.3. The van der Waals surface area contributed by atoms with Gasteiger partial charge < -0.3 is 13.9 Å². The zero-order valence-corrected chi connectivity index (χ0v) is 16.7. The van der Waals surface area contributed by atoms with E-state index in [0.29, 0.717) is 23.7 Å². The molecule has 8 saturated carbocycles. The van der Waals surface area contributed by atoms with Crippen molar-refractivity contribution in [3.05, 3.63) is 0 Å². The molecule has 1 N–H and O–H groups in total. The highest BCUT2D eigenvalue weighted by atomic mass is 32.5. The summed E-state index contributed by atoms with van der Waals surface area (Å²) in [5, 5.41) is 0. The molecule has 8 bridgehead atoms. The highest BCUT2D eigenvalue weighted by molar-refractivity contribution is 8.07. The Balaban J connectivity index is 1.16. The van der Waals surface area contributed by atoms with Crippen LogP contribution in [-0.4, -0.2) is 17.1 Å². The average Bonchev–Trinajstić information content (AvgIpc) is 2.53. The van der Waals surface area contributed by atoms with Gasteiger partial charge in [-0.15, -0.1) is 0 Å². The van der Waals surface area contributed by atoms with E-state index in [0.717, 1.165) is 23.7 Å². The Morgan fingerprint density at radius 2 is 0.840 bits per heavy atom. The van der Waals surface area contributed by atoms with Gasteiger partial charge in [-0.1, -0.05) is 0 Å². The second kappa shape index (κ2) is 5.77. The quantitative estimate of drug-likeness (QED) is 0.703. The molecule has 25 heavy (non-hydrogen) atoms. The van der Waals surface area contributed by atoms with Crippen molar-refractivity contribution in [3.63, 3.8) is 0 Å². The van der Waals surface area contributed by atoms with Crippen molar-refractivity contribution in [1.29, 1.82) is 0 Å². The van der Waals surface area contributed by atoms with Gasteiger partial charge in [0, 0.05) is 0 Å². The van der Waals surface area contributed by atoms with Gasteiger partial charge in [0.1, 0.15) is 0 Å². The maximum atomic E-state index is 11.0. The molecule has 0 saturated heterocycles. The Morgan fingerprint density at radius 1 is 0.560 bits per heavy atom. The fraction of sp³-hybridized carbons (Fsp3) is 1.00. The molecular formula is C20H31O3PS. The molecule has 3 nitrogen and oxygen atoms in total. The molecule has 0 radical (unpaired) electrons. The molecule has 0 heterocycles. The third kappa shape index (κ3) is 2.81. The fourth-order valence-corrected chi connectivity index (χ4v) is 10.4. The van der Waals surface area contributed by atoms with Crippen molar-refractivity contribution in [2.75, 3.05) is 0 Å². The Hall–Kier alpha value is 0.530. The Labute approximate surface area is 156 Å². The van der Waals surface area contributed by atoms with Crippen molar-refractivity contribution in [2.24, 2.45) is 47.3 Å². The van der Waals surface area contributed by atoms with Crippen LogP contribution in [0.3, 0.4) is 0 Å². The molecule has 0 unspecified atom stereocenters. The van der Waals surface area contributed by atoms with Gasteiger partial charge >= 0.3 is 6.72 Å². The molecule has 0 spiro atoms. The monoisotopic (exact) mass is 382 g/mol. The van der Waals surface area contributed by atoms with Crippen LogP contribution in [0, 0.1) is 47.3 Å². The van der Waals surface area contributed by atoms with E-state index in [4.69, 9.17) is 20.9 Å². The fourth-order valence-electron chi connectivity index (χ4n) is 8.43. The second-order valence-corrected chi connectivity index (χ2v) is 13.2. The SMILES string of the molecule is OP(=S)(OC1C2CC3CC(C2)CC1C3)OC1C2CC3CC(C2)CC1C3. The van der Waals surface area contributed by atoms with Crippen molar-refractivity contribution in [3.8, 4) is 0 Å². The van der Waals surface area contributed by atoms with Gasteiger partial charge in [-0.05, 0) is 123 Å². The minimum atomic E-state index is -3.11. The van der Waals surface area contributed by atoms with Crippen molar-refractivity contribution in [1.82, 2.24) is 0 Å². The first-order chi connectivity index (χ1) is 12.0. The summed E-state index contributed by atoms with van der Waals surface area (Å²) < 4.78 is 12.6. The maximum Gasteiger partial charge on any atom is 0.325 e. The number of hydrogen-bond acceptors (Lipinski definition) is 3. The molecule has 0 aromatic rings. The van der Waals surface area contributed by atoms with E-state index in [9.17, 15) is 4.89 Å². The first-order valence-electron chi connectivity index (χ1n) is 10.7. The Bertz CT molecular complexity index is 504. The van der Waals surface area contributed by atoms with E-state index in [2.05, 4.69) is 0 Å². The van der Waals surface area contributed by atoms with Crippen LogP contribution < -0.4 is 0 Å². The highest BCUT2D eigenvalue weighted by Gasteiger charge is 2.53. The second-order valence-electron chi connectivity index (χ2n) is 10.5. The largest absolute Gasteiger partial charge is 0.325 e. The van der Waals surface area contributed by atoms with Crippen molar-refractivity contribution < 1.29 is 13.9 Å². The van der Waals surface area contributed by atoms with Crippen LogP contribution in [0.25, 0.3) is 0 Å². The Kier molecular flexibility index (Phi) is 3.80. The van der Waals surface area contributed by atoms with Gasteiger partial charge in [-0.2, -0.15) is 0 Å². The summed E-state index contributed by atoms with van der Waals surface area (Å²) in [6.07, 6.45) is 13.6. The van der Waals surface area contributed by atoms with Gasteiger partial charge in [0.2, 0.25) is 0 Å². The molecule has 0 aromatic heterocycles. The summed E-state index contributed by atoms with van der Waals surface area (Å²) in [6.45, 7) is -3.11. The van der Waals surface area contributed by atoms with E-state index in [1.165, 1.54) is 64.2 Å². The van der Waals surface area contributed by atoms with E-state index in [1.807, 2.05) is 0 Å². The van der Waals surface area contributed by atoms with Crippen molar-refractivity contribution >= 4 is 18.5 Å². The van der Waals surface area contributed by atoms with E-state index >= 15 is 0 Å². The summed E-state index contributed by atoms with van der Waals surface area (Å²) >= 11 is 5.56. The van der Waals surface area contributed by atoms with Crippen LogP contribution in [0.5, 0.6) is 0 Å². The first-order valence-corrected chi connectivity index (χ1v) is 13.3. The predicted octanol–water partition coefficient (Wildman–Crippen LogP) is 4.89. The third-order valence-electron chi connectivity index (χ3n) is 8.79. The lowest BCUT2D eigenvalue weighted by Gasteiger charge is -2.55. The number of rotatable bonds is 4. The molecule has 140 valence electrons. The summed E-state index contributed by atoms with van der Waals surface area (Å²) in [6, 6.07) is 0. The summed E-state index contributed by atoms with van der Waals surface area (Å²) in [4.78, 5) is 11.0. The molecule has 8 rings (SSSR count). The minimum Gasteiger partial charge on any atom is -0.324 e. The van der Waals surface area contributed by atoms with Gasteiger partial charge in [0.25, 0.3) is 0 Å². The van der Waals surface area contributed by atoms with Crippen LogP contribution in [0.4, 0.5) is 0 Å². The highest BCUT2D eigenvalue weighted by Crippen LogP contribution is 2.62. The van der Waals surface area contributed by atoms with E-state index in [1.54, 1.807) is 0 Å². The van der Waals surface area contributed by atoms with Crippen LogP contribution in [0.2, 0.25) is 0 Å². The molecule has 8 aliphatic carbocycles. The minimum absolute atomic E-state index is 0.181. The van der Waals surface area contributed by atoms with E-state index in [-0.39, 0.29) is 12.2 Å². The summed E-state index contributed by atoms with van der Waals surface area (Å²) in [5.74, 6) is 6.21. The van der Waals surface area contributed by atoms with Crippen LogP contribution >= 0.6 is 6.72 Å². The molecule has 0 aromatic carbocycles. The lowest BCUT2D eigenvalue weighted by atomic mass is 9.55. The van der Waals surface area contributed by atoms with Crippen molar-refractivity contribution in [2.45, 2.75) is 76.4 Å². The molecule has 8 aliphatic rings. The Morgan fingerprint density at radius 3 is 1.12 bits per heavy atom. The maximum absolute atomic E-state index is 11.0. The van der Waals surface area contributed by atoms with Crippen LogP contribution in [0.15, 0.2) is 0 Å². The molecule has 5 heteroatoms. The van der Waals surface area contributed by atoms with Gasteiger partial charge in [0.15, 0.2) is 0 Å². The number of hydrogen-bond donors (Lipinski definition) is 1. The van der Waals surface area contributed by atoms with Gasteiger partial charge in [0.05, 0.1) is 12.2 Å². The van der Waals surface area contributed by atoms with E-state index < -0.39 is 6.72 Å². The molecule has 0 aliphatic heterocycles. The molecule has 0 atom stereocenters. The normalized spacial score (nSPS) is 57.8. The summed E-state index contributed by atoms with van der Waals surface area (Å²) in [5.41, 5.74) is 0. The zero-order valence-electron chi connectivity index (χ0n) is 15.0. The zero-order chi connectivity index (χ0) is 16.8. The van der Waals surface area contributed by atoms with Gasteiger partial charge in [-0.3, -0.25) is 0 Å². The molecular weight excluding hydrogens is 351 g/mol. The summed E-state index contributed by atoms with van der Waals surface area (Å²) in [7, 11) is 0. The standard InChI is InChI=1S/C20H31O3PS/c21-24(25,22-19-15-3-11-1-12(5-15)6-16(19)4-11)23-20-17-7-13-2-14(9-17)10-18(20)8-13/h11-20H,1-10H2,(H,21,25). The molecule has 8 fully saturated rings. The average molecular weight is 383 g/mol. The predicted molar refractivity (Wildman–Crippen MR) is 100 cm³/mol. The van der Waals surface area contributed by atoms with Gasteiger partial charge in [-0.25, -0.2) is 0 Å². The molecule has 0 amide bonds. The smallest absolute Gasteiger partial charge is 0.324 e. The van der Waals surface area contributed by atoms with Crippen LogP contribution in [-0.2, 0) is 20.9 Å². The lowest BCUT2D eigenvalue weighted by molar-refractivity contribution is -0.108. The lowest BCUT2D eigenvalue weighted by Crippen LogP contribution is -2.50.